The van der Waals surface area contributed by atoms with E-state index in [0.717, 1.165) is 37.7 Å². The molecule has 1 aliphatic carbocycles. The largest absolute Gasteiger partial charge is 0.378 e. The van der Waals surface area contributed by atoms with Crippen molar-refractivity contribution in [3.05, 3.63) is 88.9 Å². The number of morpholine rings is 1. The lowest BCUT2D eigenvalue weighted by molar-refractivity contribution is -0.135. The Bertz CT molecular complexity index is 1730. The van der Waals surface area contributed by atoms with Crippen molar-refractivity contribution in [3.8, 4) is 22.5 Å². The van der Waals surface area contributed by atoms with Crippen LogP contribution in [0.1, 0.15) is 43.6 Å². The number of hydrogen-bond acceptors (Lipinski definition) is 3. The van der Waals surface area contributed by atoms with Gasteiger partial charge in [0, 0.05) is 39.4 Å². The summed E-state index contributed by atoms with van der Waals surface area (Å²) < 4.78 is 8.86. The number of rotatable bonds is 5. The topological polar surface area (TPSA) is 47.4 Å². The van der Waals surface area contributed by atoms with Gasteiger partial charge in [-0.15, -0.1) is 0 Å². The first-order valence-electron chi connectivity index (χ1n) is 14.8. The molecule has 2 aromatic heterocycles. The maximum absolute atomic E-state index is 13.6. The van der Waals surface area contributed by atoms with E-state index in [1.165, 1.54) is 48.7 Å². The Labute approximate surface area is 249 Å². The molecule has 0 bridgehead atoms. The number of benzene rings is 3. The summed E-state index contributed by atoms with van der Waals surface area (Å²) in [6.07, 6.45) is 6.22. The average Bonchev–Trinajstić information content (AvgIpc) is 3.35. The summed E-state index contributed by atoms with van der Waals surface area (Å²) in [5.74, 6) is 0.655. The van der Waals surface area contributed by atoms with Crippen molar-refractivity contribution >= 4 is 43.6 Å². The second-order valence-corrected chi connectivity index (χ2v) is 12.2. The van der Waals surface area contributed by atoms with Gasteiger partial charge in [0.1, 0.15) is 6.54 Å². The summed E-state index contributed by atoms with van der Waals surface area (Å²) in [6, 6.07) is 27.8. The van der Waals surface area contributed by atoms with Gasteiger partial charge in [0.25, 0.3) is 0 Å². The Morgan fingerprint density at radius 2 is 1.71 bits per heavy atom. The first-order valence-corrected chi connectivity index (χ1v) is 15.6. The van der Waals surface area contributed by atoms with E-state index >= 15 is 0 Å². The minimum Gasteiger partial charge on any atom is -0.378 e. The van der Waals surface area contributed by atoms with Crippen LogP contribution in [-0.2, 0) is 16.1 Å². The molecule has 41 heavy (non-hydrogen) atoms. The van der Waals surface area contributed by atoms with Gasteiger partial charge in [0.15, 0.2) is 0 Å². The van der Waals surface area contributed by atoms with Crippen LogP contribution in [0.15, 0.2) is 83.3 Å². The Morgan fingerprint density at radius 3 is 2.54 bits per heavy atom. The fourth-order valence-corrected chi connectivity index (χ4v) is 7.14. The molecule has 1 saturated heterocycles. The molecule has 0 radical (unpaired) electrons. The van der Waals surface area contributed by atoms with Crippen molar-refractivity contribution in [1.29, 1.82) is 0 Å². The molecule has 5 aromatic rings. The number of carbonyl (C=O) groups is 1. The number of halogens is 1. The molecule has 2 fully saturated rings. The van der Waals surface area contributed by atoms with E-state index in [9.17, 15) is 4.79 Å². The van der Waals surface area contributed by atoms with E-state index < -0.39 is 0 Å². The highest BCUT2D eigenvalue weighted by Crippen LogP contribution is 2.44. The van der Waals surface area contributed by atoms with Gasteiger partial charge in [-0.05, 0) is 66.3 Å². The normalized spacial score (nSPS) is 16.5. The van der Waals surface area contributed by atoms with Crippen LogP contribution in [0.3, 0.4) is 0 Å². The zero-order chi connectivity index (χ0) is 27.8. The first-order chi connectivity index (χ1) is 20.2. The Morgan fingerprint density at radius 1 is 0.878 bits per heavy atom. The molecule has 1 aliphatic heterocycles. The summed E-state index contributed by atoms with van der Waals surface area (Å²) in [5, 5.41) is 2.39. The highest BCUT2D eigenvalue weighted by atomic mass is 79.9. The van der Waals surface area contributed by atoms with Crippen LogP contribution in [0.4, 0.5) is 0 Å². The number of fused-ring (bicyclic) bond motifs is 2. The average molecular weight is 609 g/mol. The summed E-state index contributed by atoms with van der Waals surface area (Å²) in [4.78, 5) is 20.6. The van der Waals surface area contributed by atoms with Gasteiger partial charge in [-0.1, -0.05) is 77.7 Å². The van der Waals surface area contributed by atoms with Crippen molar-refractivity contribution in [2.45, 2.75) is 44.6 Å². The zero-order valence-electron chi connectivity index (χ0n) is 23.2. The Kier molecular flexibility index (Phi) is 7.36. The smallest absolute Gasteiger partial charge is 0.242 e. The lowest BCUT2D eigenvalue weighted by atomic mass is 9.82. The van der Waals surface area contributed by atoms with E-state index in [2.05, 4.69) is 87.2 Å². The van der Waals surface area contributed by atoms with Gasteiger partial charge >= 0.3 is 0 Å². The molecular weight excluding hydrogens is 574 g/mol. The third-order valence-electron chi connectivity index (χ3n) is 8.76. The molecule has 3 aromatic carbocycles. The number of aromatic nitrogens is 2. The number of para-hydroxylation sites is 1. The summed E-state index contributed by atoms with van der Waals surface area (Å²) in [6.45, 7) is 2.87. The van der Waals surface area contributed by atoms with Gasteiger partial charge in [-0.3, -0.25) is 4.79 Å². The van der Waals surface area contributed by atoms with E-state index in [4.69, 9.17) is 9.72 Å². The van der Waals surface area contributed by atoms with Gasteiger partial charge < -0.3 is 14.2 Å². The van der Waals surface area contributed by atoms with E-state index in [1.54, 1.807) is 0 Å². The number of nitrogens with zero attached hydrogens (tertiary/aromatic N) is 3. The highest BCUT2D eigenvalue weighted by molar-refractivity contribution is 9.10. The van der Waals surface area contributed by atoms with Gasteiger partial charge in [0.2, 0.25) is 5.91 Å². The second kappa shape index (κ2) is 11.4. The standard InChI is InChI=1S/C35H34BrN3O2/c36-28-10-6-9-25(22-28)30-15-13-26-21-27(14-16-31(26)37-30)35-34(24-7-2-1-3-8-24)29-11-4-5-12-32(29)39(35)23-33(40)38-17-19-41-20-18-38/h4-6,9-16,21-22,24H,1-3,7-8,17-20,23H2. The number of pyridine rings is 1. The quantitative estimate of drug-likeness (QED) is 0.202. The molecule has 0 spiro atoms. The molecule has 0 atom stereocenters. The fourth-order valence-electron chi connectivity index (χ4n) is 6.74. The van der Waals surface area contributed by atoms with Gasteiger partial charge in [0.05, 0.1) is 30.1 Å². The van der Waals surface area contributed by atoms with Crippen LogP contribution in [0.2, 0.25) is 0 Å². The van der Waals surface area contributed by atoms with Crippen LogP contribution < -0.4 is 0 Å². The number of hydrogen-bond donors (Lipinski definition) is 0. The van der Waals surface area contributed by atoms with Crippen molar-refractivity contribution in [2.75, 3.05) is 26.3 Å². The maximum atomic E-state index is 13.6. The molecule has 3 heterocycles. The number of amides is 1. The second-order valence-electron chi connectivity index (χ2n) is 11.3. The molecule has 1 amide bonds. The van der Waals surface area contributed by atoms with Crippen LogP contribution in [0.25, 0.3) is 44.3 Å². The van der Waals surface area contributed by atoms with E-state index in [1.807, 2.05) is 17.0 Å². The van der Waals surface area contributed by atoms with Crippen molar-refractivity contribution in [1.82, 2.24) is 14.5 Å². The Hall–Kier alpha value is -3.48. The minimum atomic E-state index is 0.159. The highest BCUT2D eigenvalue weighted by Gasteiger charge is 2.28. The third-order valence-corrected chi connectivity index (χ3v) is 9.26. The molecule has 0 unspecified atom stereocenters. The molecule has 208 valence electrons. The SMILES string of the molecule is O=C(Cn1c(-c2ccc3nc(-c4cccc(Br)c4)ccc3c2)c(C2CCCCC2)c2ccccc21)N1CCOCC1. The van der Waals surface area contributed by atoms with Crippen LogP contribution in [-0.4, -0.2) is 46.7 Å². The van der Waals surface area contributed by atoms with Crippen LogP contribution in [0, 0.1) is 0 Å². The molecule has 6 heteroatoms. The molecule has 1 saturated carbocycles. The van der Waals surface area contributed by atoms with Crippen molar-refractivity contribution in [3.63, 3.8) is 0 Å². The van der Waals surface area contributed by atoms with Crippen LogP contribution >= 0.6 is 15.9 Å². The minimum absolute atomic E-state index is 0.159. The fraction of sp³-hybridized carbons (Fsp3) is 0.314. The Balaban J connectivity index is 1.37. The van der Waals surface area contributed by atoms with E-state index in [-0.39, 0.29) is 5.91 Å². The summed E-state index contributed by atoms with van der Waals surface area (Å²) in [5.41, 5.74) is 7.92. The predicted molar refractivity (Wildman–Crippen MR) is 169 cm³/mol. The molecular formula is C35H34BrN3O2. The molecule has 0 N–H and O–H groups in total. The molecule has 7 rings (SSSR count). The third kappa shape index (κ3) is 5.20. The summed E-state index contributed by atoms with van der Waals surface area (Å²) >= 11 is 3.58. The van der Waals surface area contributed by atoms with Crippen molar-refractivity contribution < 1.29 is 9.53 Å². The van der Waals surface area contributed by atoms with Crippen molar-refractivity contribution in [2.24, 2.45) is 0 Å². The van der Waals surface area contributed by atoms with Gasteiger partial charge in [-0.2, -0.15) is 0 Å². The monoisotopic (exact) mass is 607 g/mol. The predicted octanol–water partition coefficient (Wildman–Crippen LogP) is 8.19. The maximum Gasteiger partial charge on any atom is 0.242 e. The zero-order valence-corrected chi connectivity index (χ0v) is 24.8. The molecule has 2 aliphatic rings. The lowest BCUT2D eigenvalue weighted by Crippen LogP contribution is -2.42. The number of carbonyl (C=O) groups excluding carboxylic acids is 1. The van der Waals surface area contributed by atoms with Gasteiger partial charge in [-0.25, -0.2) is 4.98 Å². The summed E-state index contributed by atoms with van der Waals surface area (Å²) in [7, 11) is 0. The van der Waals surface area contributed by atoms with E-state index in [0.29, 0.717) is 38.8 Å². The number of ether oxygens (including phenoxy) is 1. The first kappa shape index (κ1) is 26.4. The lowest BCUT2D eigenvalue weighted by Gasteiger charge is -2.28. The molecule has 5 nitrogen and oxygen atoms in total. The van der Waals surface area contributed by atoms with Crippen LogP contribution in [0.5, 0.6) is 0 Å².